The fourth-order valence-electron chi connectivity index (χ4n) is 11.2. The normalized spacial score (nSPS) is 51.5. The lowest BCUT2D eigenvalue weighted by atomic mass is 9.33. The highest BCUT2D eigenvalue weighted by molar-refractivity contribution is 5.76. The van der Waals surface area contributed by atoms with E-state index in [4.69, 9.17) is 4.74 Å². The van der Waals surface area contributed by atoms with E-state index in [0.29, 0.717) is 23.7 Å². The fraction of sp³-hybridized carbons (Fsp3) is 0.875. The standard InChI is InChI=1S/C32H50O4/c1-19-11-16-32(27(34)35)18-17-30(7)22(26(32)20(19)2)9-10-24-29(6)14-13-25(36-21(3)33)28(4,5)23(29)12-15-31(24,30)8/h9,19-20,23-26H,10-18H2,1-8H3,(H,34,35)/t19-,20+,23+,24-,25+,26?,29+,30-,31-,32?/m1/s1. The minimum atomic E-state index is -0.578. The Hall–Kier alpha value is -1.32. The number of allylic oxidation sites excluding steroid dienone is 2. The Balaban J connectivity index is 1.56. The van der Waals surface area contributed by atoms with Crippen LogP contribution < -0.4 is 0 Å². The third kappa shape index (κ3) is 3.17. The van der Waals surface area contributed by atoms with Crippen LogP contribution in [0.2, 0.25) is 0 Å². The third-order valence-corrected chi connectivity index (χ3v) is 13.7. The van der Waals surface area contributed by atoms with Crippen LogP contribution in [0.25, 0.3) is 0 Å². The lowest BCUT2D eigenvalue weighted by Crippen LogP contribution is -2.65. The van der Waals surface area contributed by atoms with E-state index in [0.717, 1.165) is 51.4 Å². The summed E-state index contributed by atoms with van der Waals surface area (Å²) >= 11 is 0. The highest BCUT2D eigenvalue weighted by atomic mass is 16.5. The molecular weight excluding hydrogens is 448 g/mol. The van der Waals surface area contributed by atoms with Crippen molar-refractivity contribution in [3.8, 4) is 0 Å². The van der Waals surface area contributed by atoms with E-state index in [1.165, 1.54) is 12.0 Å². The zero-order valence-electron chi connectivity index (χ0n) is 24.1. The van der Waals surface area contributed by atoms with Crippen LogP contribution in [-0.2, 0) is 14.3 Å². The smallest absolute Gasteiger partial charge is 0.310 e. The molecule has 202 valence electrons. The summed E-state index contributed by atoms with van der Waals surface area (Å²) in [6.45, 7) is 18.5. The van der Waals surface area contributed by atoms with Crippen LogP contribution in [0.1, 0.15) is 113 Å². The molecule has 0 heterocycles. The van der Waals surface area contributed by atoms with Crippen LogP contribution in [0.3, 0.4) is 0 Å². The van der Waals surface area contributed by atoms with Crippen LogP contribution in [-0.4, -0.2) is 23.1 Å². The summed E-state index contributed by atoms with van der Waals surface area (Å²) in [5.41, 5.74) is 1.30. The predicted molar refractivity (Wildman–Crippen MR) is 142 cm³/mol. The van der Waals surface area contributed by atoms with Crippen molar-refractivity contribution in [1.29, 1.82) is 0 Å². The molecule has 5 rings (SSSR count). The molecule has 0 spiro atoms. The Morgan fingerprint density at radius 1 is 0.917 bits per heavy atom. The number of carbonyl (C=O) groups is 2. The first-order chi connectivity index (χ1) is 16.6. The lowest BCUT2D eigenvalue weighted by molar-refractivity contribution is -0.214. The van der Waals surface area contributed by atoms with E-state index in [1.54, 1.807) is 6.92 Å². The van der Waals surface area contributed by atoms with E-state index in [2.05, 4.69) is 54.5 Å². The minimum Gasteiger partial charge on any atom is -0.481 e. The molecule has 2 unspecified atom stereocenters. The first-order valence-electron chi connectivity index (χ1n) is 14.8. The van der Waals surface area contributed by atoms with Gasteiger partial charge in [-0.25, -0.2) is 0 Å². The zero-order chi connectivity index (χ0) is 26.5. The van der Waals surface area contributed by atoms with Gasteiger partial charge in [-0.1, -0.05) is 60.1 Å². The molecule has 4 nitrogen and oxygen atoms in total. The molecule has 1 N–H and O–H groups in total. The number of ether oxygens (including phenoxy) is 1. The van der Waals surface area contributed by atoms with Crippen molar-refractivity contribution in [3.63, 3.8) is 0 Å². The monoisotopic (exact) mass is 498 g/mol. The van der Waals surface area contributed by atoms with Gasteiger partial charge >= 0.3 is 11.9 Å². The Bertz CT molecular complexity index is 981. The van der Waals surface area contributed by atoms with Gasteiger partial charge in [-0.2, -0.15) is 0 Å². The molecule has 10 atom stereocenters. The SMILES string of the molecule is CC(=O)O[C@H]1CC[C@]2(C)[C@H]3CC=C4C5[C@@H](C)[C@H](C)CCC5(C(=O)O)CC[C@@]4(C)[C@]3(C)CC[C@H]2C1(C)C. The molecular formula is C32H50O4. The van der Waals surface area contributed by atoms with Crippen LogP contribution in [0.5, 0.6) is 0 Å². The van der Waals surface area contributed by atoms with E-state index in [-0.39, 0.29) is 39.7 Å². The summed E-state index contributed by atoms with van der Waals surface area (Å²) < 4.78 is 5.88. The Morgan fingerprint density at radius 3 is 2.25 bits per heavy atom. The molecule has 0 aromatic rings. The Labute approximate surface area is 219 Å². The van der Waals surface area contributed by atoms with Gasteiger partial charge in [-0.15, -0.1) is 0 Å². The molecule has 5 aliphatic rings. The molecule has 0 aromatic heterocycles. The number of carboxylic acid groups (broad SMARTS) is 1. The molecule has 0 bridgehead atoms. The van der Waals surface area contributed by atoms with E-state index < -0.39 is 11.4 Å². The van der Waals surface area contributed by atoms with E-state index >= 15 is 0 Å². The van der Waals surface area contributed by atoms with Gasteiger partial charge < -0.3 is 9.84 Å². The number of carbonyl (C=O) groups excluding carboxylic acids is 1. The van der Waals surface area contributed by atoms with Gasteiger partial charge in [-0.3, -0.25) is 9.59 Å². The number of fused-ring (bicyclic) bond motifs is 7. The highest BCUT2D eigenvalue weighted by Gasteiger charge is 2.69. The first-order valence-corrected chi connectivity index (χ1v) is 14.8. The van der Waals surface area contributed by atoms with Gasteiger partial charge in [-0.05, 0) is 104 Å². The molecule has 4 fully saturated rings. The van der Waals surface area contributed by atoms with Crippen LogP contribution >= 0.6 is 0 Å². The molecule has 0 aromatic carbocycles. The predicted octanol–water partition coefficient (Wildman–Crippen LogP) is 7.66. The maximum Gasteiger partial charge on any atom is 0.310 e. The number of carboxylic acids is 1. The summed E-state index contributed by atoms with van der Waals surface area (Å²) in [7, 11) is 0. The number of hydrogen-bond donors (Lipinski definition) is 1. The van der Waals surface area contributed by atoms with Gasteiger partial charge in [0.25, 0.3) is 0 Å². The number of rotatable bonds is 2. The number of esters is 1. The maximum absolute atomic E-state index is 12.9. The summed E-state index contributed by atoms with van der Waals surface area (Å²) in [6, 6.07) is 0. The molecule has 36 heavy (non-hydrogen) atoms. The lowest BCUT2D eigenvalue weighted by Gasteiger charge is -2.71. The number of hydrogen-bond acceptors (Lipinski definition) is 3. The topological polar surface area (TPSA) is 63.6 Å². The molecule has 0 amide bonds. The van der Waals surface area contributed by atoms with Gasteiger partial charge in [0.2, 0.25) is 0 Å². The van der Waals surface area contributed by atoms with Crippen molar-refractivity contribution >= 4 is 11.9 Å². The van der Waals surface area contributed by atoms with Crippen LogP contribution in [0, 0.1) is 56.7 Å². The summed E-state index contributed by atoms with van der Waals surface area (Å²) in [4.78, 5) is 24.7. The summed E-state index contributed by atoms with van der Waals surface area (Å²) in [5, 5.41) is 10.6. The van der Waals surface area contributed by atoms with Gasteiger partial charge in [0, 0.05) is 12.3 Å². The molecule has 4 saturated carbocycles. The first kappa shape index (κ1) is 26.3. The van der Waals surface area contributed by atoms with Crippen molar-refractivity contribution in [2.75, 3.05) is 0 Å². The molecule has 4 heteroatoms. The summed E-state index contributed by atoms with van der Waals surface area (Å²) in [5.74, 6) is 1.53. The largest absolute Gasteiger partial charge is 0.481 e. The molecule has 0 saturated heterocycles. The van der Waals surface area contributed by atoms with Crippen molar-refractivity contribution in [2.45, 2.75) is 119 Å². The van der Waals surface area contributed by atoms with Gasteiger partial charge in [0.05, 0.1) is 5.41 Å². The van der Waals surface area contributed by atoms with Crippen molar-refractivity contribution < 1.29 is 19.4 Å². The molecule has 0 radical (unpaired) electrons. The van der Waals surface area contributed by atoms with Gasteiger partial charge in [0.1, 0.15) is 6.10 Å². The second kappa shape index (κ2) is 8.09. The number of aliphatic carboxylic acids is 1. The Morgan fingerprint density at radius 2 is 1.61 bits per heavy atom. The third-order valence-electron chi connectivity index (χ3n) is 13.7. The average Bonchev–Trinajstić information content (AvgIpc) is 2.78. The van der Waals surface area contributed by atoms with Crippen LogP contribution in [0.15, 0.2) is 11.6 Å². The van der Waals surface area contributed by atoms with Crippen molar-refractivity contribution in [3.05, 3.63) is 11.6 Å². The minimum absolute atomic E-state index is 0.00171. The van der Waals surface area contributed by atoms with Crippen LogP contribution in [0.4, 0.5) is 0 Å². The van der Waals surface area contributed by atoms with Crippen molar-refractivity contribution in [1.82, 2.24) is 0 Å². The molecule has 5 aliphatic carbocycles. The van der Waals surface area contributed by atoms with Gasteiger partial charge in [0.15, 0.2) is 0 Å². The molecule has 0 aliphatic heterocycles. The van der Waals surface area contributed by atoms with Crippen molar-refractivity contribution in [2.24, 2.45) is 56.7 Å². The highest BCUT2D eigenvalue weighted by Crippen LogP contribution is 2.75. The zero-order valence-corrected chi connectivity index (χ0v) is 24.1. The van der Waals surface area contributed by atoms with E-state index in [9.17, 15) is 14.7 Å². The Kier molecular flexibility index (Phi) is 5.91. The second-order valence-corrected chi connectivity index (χ2v) is 15.1. The second-order valence-electron chi connectivity index (χ2n) is 15.1. The average molecular weight is 499 g/mol. The fourth-order valence-corrected chi connectivity index (χ4v) is 11.2. The quantitative estimate of drug-likeness (QED) is 0.313. The van der Waals surface area contributed by atoms with E-state index in [1.807, 2.05) is 0 Å². The maximum atomic E-state index is 12.9. The summed E-state index contributed by atoms with van der Waals surface area (Å²) in [6.07, 6.45) is 11.7.